The van der Waals surface area contributed by atoms with Crippen LogP contribution in [-0.2, 0) is 0 Å². The number of pyridine rings is 1. The van der Waals surface area contributed by atoms with Gasteiger partial charge in [0.05, 0.1) is 5.69 Å². The van der Waals surface area contributed by atoms with Gasteiger partial charge in [0.2, 0.25) is 0 Å². The first-order valence-corrected chi connectivity index (χ1v) is 6.81. The van der Waals surface area contributed by atoms with E-state index in [0.717, 1.165) is 32.5 Å². The first kappa shape index (κ1) is 12.4. The molecule has 0 spiro atoms. The van der Waals surface area contributed by atoms with Crippen LogP contribution >= 0.6 is 15.9 Å². The SMILES string of the molecule is Cc1c(C(N)c2ccccn2)oc2cc(Br)ccc12. The molecule has 0 saturated carbocycles. The van der Waals surface area contributed by atoms with Crippen LogP contribution in [0.3, 0.4) is 0 Å². The number of nitrogens with two attached hydrogens (primary N) is 1. The molecule has 3 rings (SSSR count). The summed E-state index contributed by atoms with van der Waals surface area (Å²) in [5, 5.41) is 1.09. The highest BCUT2D eigenvalue weighted by Gasteiger charge is 2.19. The number of aryl methyl sites for hydroxylation is 1. The van der Waals surface area contributed by atoms with Crippen LogP contribution in [0.5, 0.6) is 0 Å². The first-order chi connectivity index (χ1) is 9.16. The predicted octanol–water partition coefficient (Wildman–Crippen LogP) is 3.95. The summed E-state index contributed by atoms with van der Waals surface area (Å²) in [7, 11) is 0. The molecule has 1 unspecified atom stereocenters. The van der Waals surface area contributed by atoms with Crippen LogP contribution in [0.4, 0.5) is 0 Å². The van der Waals surface area contributed by atoms with Crippen LogP contribution in [0.2, 0.25) is 0 Å². The van der Waals surface area contributed by atoms with Gasteiger partial charge in [-0.15, -0.1) is 0 Å². The number of hydrogen-bond acceptors (Lipinski definition) is 3. The van der Waals surface area contributed by atoms with Crippen LogP contribution in [0.25, 0.3) is 11.0 Å². The van der Waals surface area contributed by atoms with Gasteiger partial charge in [-0.2, -0.15) is 0 Å². The fourth-order valence-corrected chi connectivity index (χ4v) is 2.55. The number of aromatic nitrogens is 1. The summed E-state index contributed by atoms with van der Waals surface area (Å²) in [4.78, 5) is 4.29. The standard InChI is InChI=1S/C15H13BrN2O/c1-9-11-6-5-10(16)8-13(11)19-15(9)14(17)12-4-2-3-7-18-12/h2-8,14H,17H2,1H3. The Morgan fingerprint density at radius 2 is 2.11 bits per heavy atom. The molecule has 0 aliphatic heterocycles. The van der Waals surface area contributed by atoms with Crippen molar-refractivity contribution in [1.29, 1.82) is 0 Å². The molecule has 19 heavy (non-hydrogen) atoms. The molecular formula is C15H13BrN2O. The number of halogens is 1. The fourth-order valence-electron chi connectivity index (χ4n) is 2.21. The van der Waals surface area contributed by atoms with Crippen LogP contribution in [0.1, 0.15) is 23.1 Å². The number of furan rings is 1. The Morgan fingerprint density at radius 1 is 1.26 bits per heavy atom. The van der Waals surface area contributed by atoms with E-state index in [2.05, 4.69) is 20.9 Å². The van der Waals surface area contributed by atoms with Crippen molar-refractivity contribution >= 4 is 26.9 Å². The van der Waals surface area contributed by atoms with E-state index in [-0.39, 0.29) is 6.04 Å². The second-order valence-electron chi connectivity index (χ2n) is 4.46. The number of rotatable bonds is 2. The third kappa shape index (κ3) is 2.17. The molecule has 0 saturated heterocycles. The zero-order valence-electron chi connectivity index (χ0n) is 10.4. The molecule has 3 nitrogen and oxygen atoms in total. The van der Waals surface area contributed by atoms with Crippen molar-refractivity contribution in [2.75, 3.05) is 0 Å². The maximum atomic E-state index is 6.25. The van der Waals surface area contributed by atoms with Crippen molar-refractivity contribution in [3.63, 3.8) is 0 Å². The summed E-state index contributed by atoms with van der Waals surface area (Å²) in [6, 6.07) is 11.4. The molecule has 2 N–H and O–H groups in total. The largest absolute Gasteiger partial charge is 0.459 e. The van der Waals surface area contributed by atoms with Gasteiger partial charge in [0.25, 0.3) is 0 Å². The summed E-state index contributed by atoms with van der Waals surface area (Å²) >= 11 is 3.44. The molecule has 0 radical (unpaired) electrons. The second-order valence-corrected chi connectivity index (χ2v) is 5.38. The minimum atomic E-state index is -0.340. The maximum Gasteiger partial charge on any atom is 0.135 e. The summed E-state index contributed by atoms with van der Waals surface area (Å²) in [6.07, 6.45) is 1.74. The van der Waals surface area contributed by atoms with E-state index in [9.17, 15) is 0 Å². The van der Waals surface area contributed by atoms with Crippen molar-refractivity contribution in [2.45, 2.75) is 13.0 Å². The van der Waals surface area contributed by atoms with Gasteiger partial charge in [-0.25, -0.2) is 0 Å². The van der Waals surface area contributed by atoms with Crippen LogP contribution in [0.15, 0.2) is 51.5 Å². The summed E-state index contributed by atoms with van der Waals surface area (Å²) in [6.45, 7) is 2.03. The third-order valence-corrected chi connectivity index (χ3v) is 3.72. The zero-order chi connectivity index (χ0) is 13.4. The number of fused-ring (bicyclic) bond motifs is 1. The Labute approximate surface area is 119 Å². The lowest BCUT2D eigenvalue weighted by Crippen LogP contribution is -2.13. The van der Waals surface area contributed by atoms with Gasteiger partial charge in [0.15, 0.2) is 0 Å². The highest BCUT2D eigenvalue weighted by molar-refractivity contribution is 9.10. The molecular weight excluding hydrogens is 304 g/mol. The van der Waals surface area contributed by atoms with Crippen LogP contribution in [-0.4, -0.2) is 4.98 Å². The van der Waals surface area contributed by atoms with Crippen molar-refractivity contribution in [2.24, 2.45) is 5.73 Å². The maximum absolute atomic E-state index is 6.25. The summed E-state index contributed by atoms with van der Waals surface area (Å²) in [5.41, 5.74) is 8.97. The molecule has 0 fully saturated rings. The summed E-state index contributed by atoms with van der Waals surface area (Å²) in [5.74, 6) is 0.770. The Balaban J connectivity index is 2.13. The average Bonchev–Trinajstić information content (AvgIpc) is 2.75. The van der Waals surface area contributed by atoms with Crippen molar-refractivity contribution in [3.8, 4) is 0 Å². The molecule has 0 amide bonds. The number of hydrogen-bond donors (Lipinski definition) is 1. The lowest BCUT2D eigenvalue weighted by atomic mass is 10.1. The molecule has 4 heteroatoms. The Bertz CT molecular complexity index is 722. The minimum absolute atomic E-state index is 0.340. The van der Waals surface area contributed by atoms with Gasteiger partial charge < -0.3 is 10.2 Å². The van der Waals surface area contributed by atoms with Crippen LogP contribution < -0.4 is 5.73 Å². The number of nitrogens with zero attached hydrogens (tertiary/aromatic N) is 1. The second kappa shape index (κ2) is 4.79. The predicted molar refractivity (Wildman–Crippen MR) is 78.9 cm³/mol. The van der Waals surface area contributed by atoms with E-state index >= 15 is 0 Å². The van der Waals surface area contributed by atoms with Gasteiger partial charge in [-0.1, -0.05) is 22.0 Å². The Hall–Kier alpha value is -1.65. The smallest absolute Gasteiger partial charge is 0.135 e. The highest BCUT2D eigenvalue weighted by atomic mass is 79.9. The molecule has 1 aromatic carbocycles. The number of benzene rings is 1. The monoisotopic (exact) mass is 316 g/mol. The minimum Gasteiger partial charge on any atom is -0.459 e. The average molecular weight is 317 g/mol. The topological polar surface area (TPSA) is 52.0 Å². The van der Waals surface area contributed by atoms with E-state index in [4.69, 9.17) is 10.2 Å². The van der Waals surface area contributed by atoms with E-state index in [1.165, 1.54) is 0 Å². The van der Waals surface area contributed by atoms with Crippen molar-refractivity contribution in [3.05, 3.63) is 64.1 Å². The lowest BCUT2D eigenvalue weighted by Gasteiger charge is -2.08. The van der Waals surface area contributed by atoms with E-state index in [1.54, 1.807) is 6.20 Å². The van der Waals surface area contributed by atoms with Gasteiger partial charge in [0, 0.05) is 21.6 Å². The van der Waals surface area contributed by atoms with Crippen molar-refractivity contribution < 1.29 is 4.42 Å². The molecule has 3 aromatic rings. The highest BCUT2D eigenvalue weighted by Crippen LogP contribution is 2.32. The van der Waals surface area contributed by atoms with Gasteiger partial charge in [0.1, 0.15) is 17.4 Å². The Morgan fingerprint density at radius 3 is 2.84 bits per heavy atom. The lowest BCUT2D eigenvalue weighted by molar-refractivity contribution is 0.516. The van der Waals surface area contributed by atoms with E-state index < -0.39 is 0 Å². The van der Waals surface area contributed by atoms with E-state index in [0.29, 0.717) is 0 Å². The molecule has 0 aliphatic rings. The molecule has 1 atom stereocenters. The van der Waals surface area contributed by atoms with Gasteiger partial charge in [-0.3, -0.25) is 4.98 Å². The molecule has 2 aromatic heterocycles. The summed E-state index contributed by atoms with van der Waals surface area (Å²) < 4.78 is 6.89. The fraction of sp³-hybridized carbons (Fsp3) is 0.133. The zero-order valence-corrected chi connectivity index (χ0v) is 12.0. The van der Waals surface area contributed by atoms with Gasteiger partial charge in [-0.05, 0) is 37.3 Å². The normalized spacial score (nSPS) is 12.8. The molecule has 2 heterocycles. The van der Waals surface area contributed by atoms with Crippen LogP contribution in [0, 0.1) is 6.92 Å². The quantitative estimate of drug-likeness (QED) is 0.779. The third-order valence-electron chi connectivity index (χ3n) is 3.23. The Kier molecular flexibility index (Phi) is 3.12. The van der Waals surface area contributed by atoms with Crippen molar-refractivity contribution in [1.82, 2.24) is 4.98 Å². The molecule has 96 valence electrons. The first-order valence-electron chi connectivity index (χ1n) is 6.02. The van der Waals surface area contributed by atoms with Gasteiger partial charge >= 0.3 is 0 Å². The molecule has 0 bridgehead atoms. The molecule has 0 aliphatic carbocycles. The van der Waals surface area contributed by atoms with E-state index in [1.807, 2.05) is 43.3 Å².